The van der Waals surface area contributed by atoms with Crippen LogP contribution < -0.4 is 5.73 Å². The number of carbonyl (C=O) groups is 2. The van der Waals surface area contributed by atoms with E-state index in [1.54, 1.807) is 0 Å². The number of phosphoric acid groups is 1. The van der Waals surface area contributed by atoms with Gasteiger partial charge in [0.2, 0.25) is 0 Å². The molecular formula is C71H116NO8P. The lowest BCUT2D eigenvalue weighted by molar-refractivity contribution is -0.161. The summed E-state index contributed by atoms with van der Waals surface area (Å²) in [5.74, 6) is -0.848. The third-order valence-electron chi connectivity index (χ3n) is 12.9. The average Bonchev–Trinajstić information content (AvgIpc) is 3.46. The van der Waals surface area contributed by atoms with Crippen LogP contribution in [0, 0.1) is 0 Å². The molecule has 0 fully saturated rings. The highest BCUT2D eigenvalue weighted by atomic mass is 31.2. The number of rotatable bonds is 58. The van der Waals surface area contributed by atoms with Gasteiger partial charge in [0.15, 0.2) is 6.10 Å². The topological polar surface area (TPSA) is 134 Å². The van der Waals surface area contributed by atoms with E-state index in [-0.39, 0.29) is 32.6 Å². The van der Waals surface area contributed by atoms with E-state index in [0.29, 0.717) is 6.42 Å². The van der Waals surface area contributed by atoms with Crippen LogP contribution in [0.4, 0.5) is 0 Å². The lowest BCUT2D eigenvalue weighted by Gasteiger charge is -2.19. The predicted octanol–water partition coefficient (Wildman–Crippen LogP) is 20.8. The minimum atomic E-state index is -4.41. The number of allylic oxidation sites excluding steroid dienone is 26. The fraction of sp³-hybridized carbons (Fsp3) is 0.606. The van der Waals surface area contributed by atoms with E-state index in [2.05, 4.69) is 172 Å². The molecule has 0 aromatic rings. The van der Waals surface area contributed by atoms with Gasteiger partial charge in [-0.3, -0.25) is 18.6 Å². The Hall–Kier alpha value is -4.37. The van der Waals surface area contributed by atoms with Crippen molar-refractivity contribution in [2.45, 2.75) is 251 Å². The van der Waals surface area contributed by atoms with E-state index in [9.17, 15) is 19.0 Å². The molecule has 0 spiro atoms. The second-order valence-electron chi connectivity index (χ2n) is 20.5. The molecule has 2 atom stereocenters. The zero-order valence-corrected chi connectivity index (χ0v) is 52.1. The summed E-state index contributed by atoms with van der Waals surface area (Å²) in [5.41, 5.74) is 5.39. The fourth-order valence-electron chi connectivity index (χ4n) is 8.27. The fourth-order valence-corrected chi connectivity index (χ4v) is 9.03. The SMILES string of the molecule is CC/C=C\C/C=C\C/C=C\C/C=C\C/C=C\C/C=C\C/C=C\CCCCCCCCCCCC(=O)OC(COC(=O)CCCCCCCCCCCC/C=C\C/C=C\C/C=C\C/C=C\C/C=C\C/C=C\CC)COP(=O)(O)OCCN. The van der Waals surface area contributed by atoms with E-state index in [0.717, 1.165) is 141 Å². The van der Waals surface area contributed by atoms with Gasteiger partial charge in [0.25, 0.3) is 0 Å². The number of esters is 2. The summed E-state index contributed by atoms with van der Waals surface area (Å²) in [4.78, 5) is 35.3. The van der Waals surface area contributed by atoms with Crippen molar-refractivity contribution in [3.8, 4) is 0 Å². The number of ether oxygens (including phenoxy) is 2. The summed E-state index contributed by atoms with van der Waals surface area (Å²) >= 11 is 0. The zero-order chi connectivity index (χ0) is 58.7. The summed E-state index contributed by atoms with van der Waals surface area (Å²) in [7, 11) is -4.41. The lowest BCUT2D eigenvalue weighted by atomic mass is 10.1. The van der Waals surface area contributed by atoms with Crippen molar-refractivity contribution in [3.63, 3.8) is 0 Å². The van der Waals surface area contributed by atoms with Crippen LogP contribution in [0.3, 0.4) is 0 Å². The molecule has 0 saturated heterocycles. The third-order valence-corrected chi connectivity index (χ3v) is 13.9. The van der Waals surface area contributed by atoms with Crippen LogP contribution >= 0.6 is 7.82 Å². The molecule has 0 aromatic heterocycles. The molecule has 3 N–H and O–H groups in total. The van der Waals surface area contributed by atoms with Gasteiger partial charge >= 0.3 is 19.8 Å². The Balaban J connectivity index is 4.02. The highest BCUT2D eigenvalue weighted by Crippen LogP contribution is 2.43. The first-order valence-electron chi connectivity index (χ1n) is 32.0. The Kier molecular flexibility index (Phi) is 61.3. The quantitative estimate of drug-likeness (QED) is 0.0264. The first kappa shape index (κ1) is 76.6. The number of phosphoric ester groups is 1. The van der Waals surface area contributed by atoms with Gasteiger partial charge in [0, 0.05) is 19.4 Å². The Morgan fingerprint density at radius 1 is 0.370 bits per heavy atom. The second kappa shape index (κ2) is 64.8. The van der Waals surface area contributed by atoms with Crippen molar-refractivity contribution >= 4 is 19.8 Å². The molecule has 2 unspecified atom stereocenters. The molecule has 458 valence electrons. The van der Waals surface area contributed by atoms with Crippen molar-refractivity contribution < 1.29 is 37.6 Å². The summed E-state index contributed by atoms with van der Waals surface area (Å²) in [5, 5.41) is 0. The van der Waals surface area contributed by atoms with Crippen LogP contribution in [0.1, 0.15) is 245 Å². The van der Waals surface area contributed by atoms with Crippen molar-refractivity contribution in [1.29, 1.82) is 0 Å². The van der Waals surface area contributed by atoms with E-state index >= 15 is 0 Å². The van der Waals surface area contributed by atoms with Crippen LogP contribution in [0.5, 0.6) is 0 Å². The van der Waals surface area contributed by atoms with Crippen LogP contribution in [0.25, 0.3) is 0 Å². The van der Waals surface area contributed by atoms with Crippen molar-refractivity contribution in [1.82, 2.24) is 0 Å². The van der Waals surface area contributed by atoms with Crippen molar-refractivity contribution in [2.24, 2.45) is 5.73 Å². The number of nitrogens with two attached hydrogens (primary N) is 1. The predicted molar refractivity (Wildman–Crippen MR) is 348 cm³/mol. The number of carbonyl (C=O) groups excluding carboxylic acids is 2. The minimum Gasteiger partial charge on any atom is -0.462 e. The van der Waals surface area contributed by atoms with Gasteiger partial charge in [-0.1, -0.05) is 268 Å². The van der Waals surface area contributed by atoms with E-state index < -0.39 is 32.5 Å². The van der Waals surface area contributed by atoms with E-state index in [1.807, 2.05) is 0 Å². The van der Waals surface area contributed by atoms with Gasteiger partial charge < -0.3 is 20.1 Å². The Morgan fingerprint density at radius 3 is 0.951 bits per heavy atom. The van der Waals surface area contributed by atoms with Crippen LogP contribution in [-0.4, -0.2) is 49.3 Å². The Labute approximate surface area is 496 Å². The average molecular weight is 1140 g/mol. The standard InChI is InChI=1S/C71H116NO8P/c1-3-5-7-9-11-13-15-17-19-21-23-25-27-29-31-33-34-36-38-40-42-44-46-48-50-52-54-56-58-60-62-64-71(74)80-69(68-79-81(75,76)78-66-65-72)67-77-70(73)63-61-59-57-55-53-51-49-47-45-43-41-39-37-35-32-30-28-26-24-22-20-18-16-14-12-10-8-6-4-2/h5-8,11-14,17-20,23-26,29-32,34,36-37,39-40,42,69H,3-4,9-10,15-16,21-22,27-28,33,35,38,41,43-68,72H2,1-2H3,(H,75,76)/b7-5-,8-6-,13-11-,14-12-,19-17-,20-18-,25-23-,26-24-,31-29-,32-30-,36-34-,39-37-,42-40-. The molecule has 0 aliphatic carbocycles. The molecule has 0 bridgehead atoms. The highest BCUT2D eigenvalue weighted by molar-refractivity contribution is 7.47. The molecule has 9 nitrogen and oxygen atoms in total. The van der Waals surface area contributed by atoms with E-state index in [1.165, 1.54) is 70.6 Å². The molecule has 0 aliphatic rings. The van der Waals surface area contributed by atoms with Crippen molar-refractivity contribution in [2.75, 3.05) is 26.4 Å². The number of unbranched alkanes of at least 4 members (excludes halogenated alkanes) is 19. The maximum atomic E-state index is 12.7. The smallest absolute Gasteiger partial charge is 0.462 e. The van der Waals surface area contributed by atoms with Crippen LogP contribution in [0.15, 0.2) is 158 Å². The van der Waals surface area contributed by atoms with Gasteiger partial charge in [-0.25, -0.2) is 4.57 Å². The summed E-state index contributed by atoms with van der Waals surface area (Å²) in [6.45, 7) is 3.49. The molecule has 81 heavy (non-hydrogen) atoms. The first-order chi connectivity index (χ1) is 39.8. The molecule has 10 heteroatoms. The zero-order valence-electron chi connectivity index (χ0n) is 51.2. The third kappa shape index (κ3) is 64.7. The van der Waals surface area contributed by atoms with Gasteiger partial charge in [-0.15, -0.1) is 0 Å². The Morgan fingerprint density at radius 2 is 0.642 bits per heavy atom. The van der Waals surface area contributed by atoms with Gasteiger partial charge in [0.1, 0.15) is 6.61 Å². The summed E-state index contributed by atoms with van der Waals surface area (Å²) < 4.78 is 33.1. The largest absolute Gasteiger partial charge is 0.472 e. The van der Waals surface area contributed by atoms with Crippen LogP contribution in [0.2, 0.25) is 0 Å². The molecule has 0 rings (SSSR count). The highest BCUT2D eigenvalue weighted by Gasteiger charge is 2.26. The van der Waals surface area contributed by atoms with Gasteiger partial charge in [-0.2, -0.15) is 0 Å². The van der Waals surface area contributed by atoms with Gasteiger partial charge in [0.05, 0.1) is 13.2 Å². The number of hydrogen-bond acceptors (Lipinski definition) is 8. The summed E-state index contributed by atoms with van der Waals surface area (Å²) in [6, 6.07) is 0. The molecule has 0 aliphatic heterocycles. The maximum absolute atomic E-state index is 12.7. The minimum absolute atomic E-state index is 0.0436. The monoisotopic (exact) mass is 1140 g/mol. The molecule has 0 saturated carbocycles. The maximum Gasteiger partial charge on any atom is 0.472 e. The van der Waals surface area contributed by atoms with Gasteiger partial charge in [-0.05, 0) is 122 Å². The van der Waals surface area contributed by atoms with Crippen molar-refractivity contribution in [3.05, 3.63) is 158 Å². The normalized spacial score (nSPS) is 14.1. The lowest BCUT2D eigenvalue weighted by Crippen LogP contribution is -2.29. The molecule has 0 heterocycles. The molecule has 0 amide bonds. The molecular weight excluding hydrogens is 1030 g/mol. The molecule has 0 aromatic carbocycles. The first-order valence-corrected chi connectivity index (χ1v) is 33.5. The second-order valence-corrected chi connectivity index (χ2v) is 22.0. The Bertz CT molecular complexity index is 1880. The van der Waals surface area contributed by atoms with Crippen LogP contribution in [-0.2, 0) is 32.7 Å². The summed E-state index contributed by atoms with van der Waals surface area (Å²) in [6.07, 6.45) is 94.4. The number of hydrogen-bond donors (Lipinski definition) is 2. The van der Waals surface area contributed by atoms with E-state index in [4.69, 9.17) is 24.3 Å². The molecule has 0 radical (unpaired) electrons.